The Labute approximate surface area is 210 Å². The lowest BCUT2D eigenvalue weighted by molar-refractivity contribution is -0.127. The van der Waals surface area contributed by atoms with Gasteiger partial charge in [0.15, 0.2) is 0 Å². The molecule has 1 heterocycles. The Morgan fingerprint density at radius 3 is 2.50 bits per heavy atom. The minimum absolute atomic E-state index is 0.262. The van der Waals surface area contributed by atoms with Gasteiger partial charge in [-0.3, -0.25) is 19.3 Å². The van der Waals surface area contributed by atoms with Crippen molar-refractivity contribution in [1.29, 1.82) is 0 Å². The molecule has 0 unspecified atom stereocenters. The number of ether oxygens (including phenoxy) is 1. The van der Waals surface area contributed by atoms with Crippen LogP contribution in [0.4, 0.5) is 10.5 Å². The number of benzene rings is 3. The van der Waals surface area contributed by atoms with Gasteiger partial charge in [0.1, 0.15) is 18.9 Å². The van der Waals surface area contributed by atoms with Crippen LogP contribution in [0, 0.1) is 6.92 Å². The first-order chi connectivity index (χ1) is 16.4. The van der Waals surface area contributed by atoms with Crippen molar-refractivity contribution in [1.82, 2.24) is 4.90 Å². The van der Waals surface area contributed by atoms with E-state index in [9.17, 15) is 14.4 Å². The predicted octanol–water partition coefficient (Wildman–Crippen LogP) is 6.01. The van der Waals surface area contributed by atoms with Crippen molar-refractivity contribution < 1.29 is 19.1 Å². The van der Waals surface area contributed by atoms with Crippen molar-refractivity contribution in [3.63, 3.8) is 0 Å². The Balaban J connectivity index is 1.39. The highest BCUT2D eigenvalue weighted by Gasteiger charge is 2.36. The van der Waals surface area contributed by atoms with Crippen LogP contribution in [0.2, 0.25) is 0 Å². The van der Waals surface area contributed by atoms with E-state index in [1.54, 1.807) is 24.3 Å². The van der Waals surface area contributed by atoms with Gasteiger partial charge in [-0.15, -0.1) is 0 Å². The minimum Gasteiger partial charge on any atom is -0.488 e. The molecular weight excluding hydrogens is 516 g/mol. The quantitative estimate of drug-likeness (QED) is 0.374. The molecule has 0 aliphatic carbocycles. The molecule has 1 N–H and O–H groups in total. The van der Waals surface area contributed by atoms with E-state index >= 15 is 0 Å². The third-order valence-electron chi connectivity index (χ3n) is 5.00. The van der Waals surface area contributed by atoms with E-state index < -0.39 is 17.1 Å². The molecule has 34 heavy (non-hydrogen) atoms. The molecule has 0 atom stereocenters. The maximum absolute atomic E-state index is 12.8. The third kappa shape index (κ3) is 5.95. The molecule has 1 fully saturated rings. The Kier molecular flexibility index (Phi) is 7.49. The summed E-state index contributed by atoms with van der Waals surface area (Å²) in [5.41, 5.74) is 3.46. The van der Waals surface area contributed by atoms with Gasteiger partial charge in [0.2, 0.25) is 5.91 Å². The summed E-state index contributed by atoms with van der Waals surface area (Å²) < 4.78 is 6.59. The van der Waals surface area contributed by atoms with Crippen LogP contribution in [-0.4, -0.2) is 28.5 Å². The second kappa shape index (κ2) is 10.7. The average Bonchev–Trinajstić information content (AvgIpc) is 3.08. The summed E-state index contributed by atoms with van der Waals surface area (Å²) in [5.74, 6) is -0.258. The van der Waals surface area contributed by atoms with Gasteiger partial charge in [0, 0.05) is 5.69 Å². The van der Waals surface area contributed by atoms with E-state index in [0.717, 1.165) is 37.8 Å². The van der Waals surface area contributed by atoms with Crippen LogP contribution < -0.4 is 10.1 Å². The van der Waals surface area contributed by atoms with Crippen molar-refractivity contribution in [2.75, 3.05) is 11.9 Å². The highest BCUT2D eigenvalue weighted by atomic mass is 79.9. The molecule has 8 heteroatoms. The van der Waals surface area contributed by atoms with Crippen LogP contribution in [0.25, 0.3) is 6.08 Å². The lowest BCUT2D eigenvalue weighted by Crippen LogP contribution is -2.36. The zero-order chi connectivity index (χ0) is 24.1. The topological polar surface area (TPSA) is 75.7 Å². The first kappa shape index (κ1) is 23.8. The van der Waals surface area contributed by atoms with Gasteiger partial charge in [-0.1, -0.05) is 54.1 Å². The summed E-state index contributed by atoms with van der Waals surface area (Å²) in [4.78, 5) is 38.7. The first-order valence-electron chi connectivity index (χ1n) is 10.5. The number of thioether (sulfide) groups is 1. The Hall–Kier alpha value is -3.36. The molecular formula is C26H21BrN2O4S. The molecule has 4 rings (SSSR count). The van der Waals surface area contributed by atoms with Crippen LogP contribution in [-0.2, 0) is 16.2 Å². The van der Waals surface area contributed by atoms with Crippen molar-refractivity contribution in [2.45, 2.75) is 13.5 Å². The van der Waals surface area contributed by atoms with Gasteiger partial charge in [-0.25, -0.2) is 0 Å². The summed E-state index contributed by atoms with van der Waals surface area (Å²) in [6.07, 6.45) is 1.63. The van der Waals surface area contributed by atoms with Crippen LogP contribution in [0.5, 0.6) is 5.75 Å². The maximum Gasteiger partial charge on any atom is 0.294 e. The number of nitrogens with one attached hydrogen (secondary N) is 1. The van der Waals surface area contributed by atoms with Crippen LogP contribution in [0.15, 0.2) is 82.2 Å². The molecule has 6 nitrogen and oxygen atoms in total. The minimum atomic E-state index is -0.491. The van der Waals surface area contributed by atoms with Crippen molar-refractivity contribution in [3.8, 4) is 5.75 Å². The molecule has 3 aromatic carbocycles. The molecule has 1 aliphatic heterocycles. The highest BCUT2D eigenvalue weighted by Crippen LogP contribution is 2.34. The van der Waals surface area contributed by atoms with Gasteiger partial charge in [0.05, 0.1) is 9.38 Å². The summed E-state index contributed by atoms with van der Waals surface area (Å²) >= 11 is 4.32. The molecule has 1 aliphatic rings. The SMILES string of the molecule is Cc1ccc(NC(=O)CN2C(=O)S/C(=C/c3ccc(OCc4ccccc4)c(Br)c3)C2=O)cc1. The van der Waals surface area contributed by atoms with Crippen molar-refractivity contribution >= 4 is 56.5 Å². The van der Waals surface area contributed by atoms with E-state index in [2.05, 4.69) is 21.2 Å². The Bertz CT molecular complexity index is 1260. The standard InChI is InChI=1S/C26H21BrN2O4S/c1-17-7-10-20(11-8-17)28-24(30)15-29-25(31)23(34-26(29)32)14-19-9-12-22(21(27)13-19)33-16-18-5-3-2-4-6-18/h2-14H,15-16H2,1H3,(H,28,30)/b23-14+. The number of nitrogens with zero attached hydrogens (tertiary/aromatic N) is 1. The van der Waals surface area contributed by atoms with Gasteiger partial charge < -0.3 is 10.1 Å². The fourth-order valence-corrected chi connectivity index (χ4v) is 4.58. The smallest absolute Gasteiger partial charge is 0.294 e. The Morgan fingerprint density at radius 2 is 1.79 bits per heavy atom. The largest absolute Gasteiger partial charge is 0.488 e. The van der Waals surface area contributed by atoms with Gasteiger partial charge >= 0.3 is 0 Å². The molecule has 0 aromatic heterocycles. The van der Waals surface area contributed by atoms with E-state index in [4.69, 9.17) is 4.74 Å². The van der Waals surface area contributed by atoms with Crippen LogP contribution >= 0.6 is 27.7 Å². The first-order valence-corrected chi connectivity index (χ1v) is 12.1. The molecule has 0 spiro atoms. The number of hydrogen-bond acceptors (Lipinski definition) is 5. The summed E-state index contributed by atoms with van der Waals surface area (Å²) in [6.45, 7) is 2.04. The Morgan fingerprint density at radius 1 is 1.06 bits per heavy atom. The number of aryl methyl sites for hydroxylation is 1. The molecule has 0 saturated carbocycles. The van der Waals surface area contributed by atoms with Crippen LogP contribution in [0.3, 0.4) is 0 Å². The zero-order valence-corrected chi connectivity index (χ0v) is 20.7. The van der Waals surface area contributed by atoms with E-state index in [1.807, 2.05) is 61.5 Å². The third-order valence-corrected chi connectivity index (χ3v) is 6.53. The number of carbonyl (C=O) groups excluding carboxylic acids is 3. The summed E-state index contributed by atoms with van der Waals surface area (Å²) in [7, 11) is 0. The number of rotatable bonds is 7. The van der Waals surface area contributed by atoms with Gasteiger partial charge in [0.25, 0.3) is 11.1 Å². The number of carbonyl (C=O) groups is 3. The molecule has 3 amide bonds. The molecule has 3 aromatic rings. The van der Waals surface area contributed by atoms with Crippen molar-refractivity contribution in [2.24, 2.45) is 0 Å². The predicted molar refractivity (Wildman–Crippen MR) is 137 cm³/mol. The van der Waals surface area contributed by atoms with E-state index in [0.29, 0.717) is 18.0 Å². The van der Waals surface area contributed by atoms with E-state index in [1.165, 1.54) is 0 Å². The second-order valence-corrected chi connectivity index (χ2v) is 9.49. The fraction of sp³-hybridized carbons (Fsp3) is 0.115. The number of amides is 3. The maximum atomic E-state index is 12.8. The second-order valence-electron chi connectivity index (χ2n) is 7.65. The average molecular weight is 537 g/mol. The number of halogens is 1. The fourth-order valence-electron chi connectivity index (χ4n) is 3.23. The number of anilines is 1. The number of imide groups is 1. The summed E-state index contributed by atoms with van der Waals surface area (Å²) in [5, 5.41) is 2.23. The normalized spacial score (nSPS) is 14.5. The van der Waals surface area contributed by atoms with E-state index in [-0.39, 0.29) is 11.4 Å². The highest BCUT2D eigenvalue weighted by molar-refractivity contribution is 9.10. The van der Waals surface area contributed by atoms with Gasteiger partial charge in [-0.2, -0.15) is 0 Å². The van der Waals surface area contributed by atoms with Crippen LogP contribution in [0.1, 0.15) is 16.7 Å². The molecule has 0 radical (unpaired) electrons. The molecule has 0 bridgehead atoms. The summed E-state index contributed by atoms with van der Waals surface area (Å²) in [6, 6.07) is 22.5. The lowest BCUT2D eigenvalue weighted by atomic mass is 10.2. The monoisotopic (exact) mass is 536 g/mol. The number of hydrogen-bond donors (Lipinski definition) is 1. The zero-order valence-electron chi connectivity index (χ0n) is 18.3. The lowest BCUT2D eigenvalue weighted by Gasteiger charge is -2.12. The van der Waals surface area contributed by atoms with Crippen molar-refractivity contribution in [3.05, 3.63) is 98.9 Å². The van der Waals surface area contributed by atoms with Gasteiger partial charge in [-0.05, 0) is 76.1 Å². The molecule has 1 saturated heterocycles. The molecule has 172 valence electrons.